The molecular formula is C27H14Cl2F10N4O. The van der Waals surface area contributed by atoms with Gasteiger partial charge in [-0.15, -0.1) is 0 Å². The van der Waals surface area contributed by atoms with Crippen LogP contribution in [-0.2, 0) is 12.2 Å². The molecule has 0 fully saturated rings. The number of carbonyl (C=O) groups excluding carboxylic acids is 1. The van der Waals surface area contributed by atoms with Gasteiger partial charge in [0.2, 0.25) is 0 Å². The first-order valence-corrected chi connectivity index (χ1v) is 12.4. The van der Waals surface area contributed by atoms with Gasteiger partial charge in [-0.2, -0.15) is 45.6 Å². The van der Waals surface area contributed by atoms with Crippen molar-refractivity contribution >= 4 is 40.5 Å². The average molecular weight is 671 g/mol. The van der Waals surface area contributed by atoms with Crippen molar-refractivity contribution in [2.75, 3.05) is 10.6 Å². The van der Waals surface area contributed by atoms with Gasteiger partial charge >= 0.3 is 23.9 Å². The van der Waals surface area contributed by atoms with Crippen LogP contribution in [0.25, 0.3) is 0 Å². The molecule has 5 nitrogen and oxygen atoms in total. The van der Waals surface area contributed by atoms with E-state index in [1.807, 2.05) is 11.4 Å². The molecular weight excluding hydrogens is 657 g/mol. The van der Waals surface area contributed by atoms with Crippen molar-refractivity contribution in [2.45, 2.75) is 37.4 Å². The molecule has 3 aromatic carbocycles. The molecule has 0 aliphatic carbocycles. The molecule has 0 aromatic heterocycles. The van der Waals surface area contributed by atoms with Crippen LogP contribution < -0.4 is 10.6 Å². The topological polar surface area (TPSA) is 88.7 Å². The number of hydrogen-bond acceptors (Lipinski definition) is 4. The Morgan fingerprint density at radius 1 is 0.841 bits per heavy atom. The molecule has 0 saturated heterocycles. The molecule has 0 heterocycles. The Morgan fingerprint density at radius 2 is 1.43 bits per heavy atom. The molecule has 232 valence electrons. The quantitative estimate of drug-likeness (QED) is 0.246. The van der Waals surface area contributed by atoms with E-state index in [0.717, 1.165) is 12.1 Å². The number of alkyl halides is 9. The Morgan fingerprint density at radius 3 is 1.91 bits per heavy atom. The van der Waals surface area contributed by atoms with Gasteiger partial charge < -0.3 is 10.6 Å². The maximum absolute atomic E-state index is 15.4. The fraction of sp³-hybridized carbons (Fsp3) is 0.222. The summed E-state index contributed by atoms with van der Waals surface area (Å²) in [5.74, 6) is -9.70. The minimum Gasteiger partial charge on any atom is -0.377 e. The minimum absolute atomic E-state index is 0.0833. The van der Waals surface area contributed by atoms with Crippen molar-refractivity contribution in [3.63, 3.8) is 0 Å². The second-order valence-electron chi connectivity index (χ2n) is 9.07. The van der Waals surface area contributed by atoms with Crippen LogP contribution in [0.1, 0.15) is 38.2 Å². The van der Waals surface area contributed by atoms with E-state index in [2.05, 4.69) is 5.32 Å². The lowest BCUT2D eigenvalue weighted by atomic mass is 9.87. The molecule has 0 radical (unpaired) electrons. The summed E-state index contributed by atoms with van der Waals surface area (Å²) in [4.78, 5) is 12.9. The van der Waals surface area contributed by atoms with Crippen LogP contribution in [0.2, 0.25) is 10.0 Å². The van der Waals surface area contributed by atoms with E-state index in [1.54, 1.807) is 25.1 Å². The van der Waals surface area contributed by atoms with Gasteiger partial charge in [-0.25, -0.2) is 8.78 Å². The maximum Gasteiger partial charge on any atom is 0.457 e. The molecule has 1 amide bonds. The normalized spacial score (nSPS) is 13.4. The summed E-state index contributed by atoms with van der Waals surface area (Å²) in [6.45, 7) is 1.58. The van der Waals surface area contributed by atoms with Gasteiger partial charge in [-0.1, -0.05) is 29.3 Å². The van der Waals surface area contributed by atoms with Crippen molar-refractivity contribution in [2.24, 2.45) is 0 Å². The average Bonchev–Trinajstić information content (AvgIpc) is 2.92. The van der Waals surface area contributed by atoms with Gasteiger partial charge in [0, 0.05) is 12.1 Å². The number of hydrogen-bond donors (Lipinski definition) is 2. The minimum atomic E-state index is -7.00. The van der Waals surface area contributed by atoms with Gasteiger partial charge in [-0.05, 0) is 54.4 Å². The third-order valence-corrected chi connectivity index (χ3v) is 6.89. The Labute approximate surface area is 251 Å². The van der Waals surface area contributed by atoms with E-state index in [0.29, 0.717) is 16.7 Å². The number of nitrogens with zero attached hydrogens (tertiary/aromatic N) is 2. The number of anilines is 2. The highest BCUT2D eigenvalue weighted by Gasteiger charge is 2.81. The molecule has 44 heavy (non-hydrogen) atoms. The summed E-state index contributed by atoms with van der Waals surface area (Å²) in [5, 5.41) is 20.5. The highest BCUT2D eigenvalue weighted by molar-refractivity contribution is 6.40. The molecule has 3 aromatic rings. The lowest BCUT2D eigenvalue weighted by molar-refractivity contribution is -0.389. The van der Waals surface area contributed by atoms with Gasteiger partial charge in [0.25, 0.3) is 5.91 Å². The van der Waals surface area contributed by atoms with Crippen LogP contribution in [0.4, 0.5) is 55.3 Å². The van der Waals surface area contributed by atoms with E-state index in [4.69, 9.17) is 28.5 Å². The zero-order valence-electron chi connectivity index (χ0n) is 21.6. The highest BCUT2D eigenvalue weighted by Crippen LogP contribution is 2.59. The zero-order chi connectivity index (χ0) is 33.4. The number of rotatable bonds is 7. The van der Waals surface area contributed by atoms with Crippen LogP contribution >= 0.6 is 23.2 Å². The summed E-state index contributed by atoms with van der Waals surface area (Å²) >= 11 is 11.5. The van der Waals surface area contributed by atoms with E-state index >= 15 is 4.39 Å². The third-order valence-electron chi connectivity index (χ3n) is 6.29. The van der Waals surface area contributed by atoms with Crippen molar-refractivity contribution in [3.8, 4) is 12.1 Å². The fourth-order valence-electron chi connectivity index (χ4n) is 3.96. The van der Waals surface area contributed by atoms with Crippen molar-refractivity contribution in [3.05, 3.63) is 91.7 Å². The zero-order valence-corrected chi connectivity index (χ0v) is 23.1. The number of halogens is 12. The summed E-state index contributed by atoms with van der Waals surface area (Å²) in [6.07, 6.45) is -13.8. The van der Waals surface area contributed by atoms with Crippen molar-refractivity contribution in [1.82, 2.24) is 0 Å². The molecule has 0 saturated carbocycles. The first kappa shape index (κ1) is 34.3. The SMILES string of the molecule is Cc1cc(C#N)ccc1CNc1c(C#N)ccc(C(=O)Nc2c(Cl)cc(C(F)(C(F)(F)F)C(F)(F)C(F)(F)F)cc2Cl)c1F. The van der Waals surface area contributed by atoms with Crippen LogP contribution in [0.15, 0.2) is 42.5 Å². The Kier molecular flexibility index (Phi) is 9.39. The molecule has 17 heteroatoms. The number of aryl methyl sites for hydroxylation is 1. The molecule has 0 spiro atoms. The molecule has 0 bridgehead atoms. The fourth-order valence-corrected chi connectivity index (χ4v) is 4.54. The third kappa shape index (κ3) is 6.07. The monoisotopic (exact) mass is 670 g/mol. The van der Waals surface area contributed by atoms with Crippen LogP contribution in [-0.4, -0.2) is 24.2 Å². The van der Waals surface area contributed by atoms with E-state index in [9.17, 15) is 49.6 Å². The molecule has 1 atom stereocenters. The lowest BCUT2D eigenvalue weighted by Crippen LogP contribution is -2.59. The summed E-state index contributed by atoms with van der Waals surface area (Å²) in [7, 11) is 0. The second-order valence-corrected chi connectivity index (χ2v) is 9.88. The maximum atomic E-state index is 15.4. The number of amides is 1. The van der Waals surface area contributed by atoms with Gasteiger partial charge in [0.1, 0.15) is 6.07 Å². The van der Waals surface area contributed by atoms with Gasteiger partial charge in [-0.3, -0.25) is 4.79 Å². The molecule has 0 aliphatic rings. The second kappa shape index (κ2) is 12.1. The van der Waals surface area contributed by atoms with Crippen LogP contribution in [0, 0.1) is 35.4 Å². The summed E-state index contributed by atoms with van der Waals surface area (Å²) < 4.78 is 137. The van der Waals surface area contributed by atoms with E-state index < -0.39 is 68.2 Å². The largest absolute Gasteiger partial charge is 0.457 e. The standard InChI is InChI=1S/C27H14Cl2F10N4O/c1-12-6-13(9-40)2-3-15(12)11-42-21-14(10-41)4-5-17(20(21)30)23(44)43-22-18(28)7-16(8-19(22)29)24(31,26(34,35)36)25(32,33)27(37,38)39/h2-8,42H,11H2,1H3,(H,43,44). The van der Waals surface area contributed by atoms with Crippen molar-refractivity contribution in [1.29, 1.82) is 10.5 Å². The first-order valence-electron chi connectivity index (χ1n) is 11.7. The molecule has 0 aliphatic heterocycles. The predicted molar refractivity (Wildman–Crippen MR) is 139 cm³/mol. The van der Waals surface area contributed by atoms with Gasteiger partial charge in [0.15, 0.2) is 5.82 Å². The number of nitriles is 2. The van der Waals surface area contributed by atoms with Gasteiger partial charge in [0.05, 0.1) is 44.2 Å². The summed E-state index contributed by atoms with van der Waals surface area (Å²) in [6, 6.07) is 9.62. The molecule has 3 rings (SSSR count). The van der Waals surface area contributed by atoms with E-state index in [1.165, 1.54) is 6.07 Å². The predicted octanol–water partition coefficient (Wildman–Crippen LogP) is 8.97. The van der Waals surface area contributed by atoms with Crippen LogP contribution in [0.3, 0.4) is 0 Å². The number of nitrogens with one attached hydrogen (secondary N) is 2. The van der Waals surface area contributed by atoms with E-state index in [-0.39, 0.29) is 24.2 Å². The Bertz CT molecular complexity index is 1690. The number of benzene rings is 3. The Hall–Kier alpha value is -4.21. The lowest BCUT2D eigenvalue weighted by Gasteiger charge is -2.36. The summed E-state index contributed by atoms with van der Waals surface area (Å²) in [5.41, 5.74) is -9.50. The van der Waals surface area contributed by atoms with Crippen LogP contribution in [0.5, 0.6) is 0 Å². The van der Waals surface area contributed by atoms with Crippen molar-refractivity contribution < 1.29 is 48.7 Å². The molecule has 2 N–H and O–H groups in total. The molecule has 1 unspecified atom stereocenters. The number of carbonyl (C=O) groups is 1. The Balaban J connectivity index is 2.00. The first-order chi connectivity index (χ1) is 20.2. The highest BCUT2D eigenvalue weighted by atomic mass is 35.5. The smallest absolute Gasteiger partial charge is 0.377 e.